The first-order valence-corrected chi connectivity index (χ1v) is 5.35. The van der Waals surface area contributed by atoms with E-state index >= 15 is 0 Å². The number of hydrogen-bond donors (Lipinski definition) is 1. The van der Waals surface area contributed by atoms with Crippen molar-refractivity contribution in [3.05, 3.63) is 47.4 Å². The van der Waals surface area contributed by atoms with Gasteiger partial charge in [0.1, 0.15) is 12.1 Å². The molecule has 1 N–H and O–H groups in total. The van der Waals surface area contributed by atoms with E-state index in [4.69, 9.17) is 4.42 Å². The molecule has 3 rings (SSSR count). The highest BCUT2D eigenvalue weighted by Crippen LogP contribution is 2.18. The predicted molar refractivity (Wildman–Crippen MR) is 64.8 cm³/mol. The number of aryl methyl sites for hydroxylation is 1. The summed E-state index contributed by atoms with van der Waals surface area (Å²) in [6.45, 7) is 0. The molecule has 0 amide bonds. The van der Waals surface area contributed by atoms with Crippen LogP contribution in [0.5, 0.6) is 0 Å². The zero-order chi connectivity index (χ0) is 12.5. The molecular formula is C12H10N4O2. The summed E-state index contributed by atoms with van der Waals surface area (Å²) >= 11 is 0. The third-order valence-electron chi connectivity index (χ3n) is 2.54. The first-order chi connectivity index (χ1) is 8.72. The number of rotatable bonds is 2. The van der Waals surface area contributed by atoms with Crippen LogP contribution in [0.3, 0.4) is 0 Å². The monoisotopic (exact) mass is 242 g/mol. The minimum Gasteiger partial charge on any atom is -0.472 e. The van der Waals surface area contributed by atoms with Crippen LogP contribution in [0.25, 0.3) is 22.6 Å². The van der Waals surface area contributed by atoms with Gasteiger partial charge < -0.3 is 9.40 Å². The van der Waals surface area contributed by atoms with Crippen molar-refractivity contribution in [2.24, 2.45) is 7.05 Å². The van der Waals surface area contributed by atoms with Crippen molar-refractivity contribution in [3.8, 4) is 22.6 Å². The fraction of sp³-hybridized carbons (Fsp3) is 0.0833. The van der Waals surface area contributed by atoms with Gasteiger partial charge in [-0.15, -0.1) is 0 Å². The molecule has 0 fully saturated rings. The Labute approximate surface area is 102 Å². The number of furan rings is 1. The quantitative estimate of drug-likeness (QED) is 0.737. The van der Waals surface area contributed by atoms with Crippen LogP contribution in [0.2, 0.25) is 0 Å². The molecule has 6 nitrogen and oxygen atoms in total. The lowest BCUT2D eigenvalue weighted by molar-refractivity contribution is 0.568. The van der Waals surface area contributed by atoms with E-state index in [0.717, 1.165) is 11.1 Å². The summed E-state index contributed by atoms with van der Waals surface area (Å²) in [7, 11) is 1.81. The number of hydrogen-bond acceptors (Lipinski definition) is 4. The molecule has 3 heterocycles. The first-order valence-electron chi connectivity index (χ1n) is 5.35. The summed E-state index contributed by atoms with van der Waals surface area (Å²) in [4.78, 5) is 18.7. The summed E-state index contributed by atoms with van der Waals surface area (Å²) in [5.74, 6) is 0.482. The number of nitrogens with one attached hydrogen (secondary N) is 1. The van der Waals surface area contributed by atoms with Gasteiger partial charge in [-0.05, 0) is 6.07 Å². The van der Waals surface area contributed by atoms with Crippen LogP contribution in [0.1, 0.15) is 0 Å². The molecule has 0 saturated carbocycles. The highest BCUT2D eigenvalue weighted by molar-refractivity contribution is 5.61. The maximum atomic E-state index is 11.6. The van der Waals surface area contributed by atoms with Crippen LogP contribution in [0.4, 0.5) is 0 Å². The molecule has 0 aliphatic carbocycles. The van der Waals surface area contributed by atoms with E-state index in [1.807, 2.05) is 7.05 Å². The second-order valence-electron chi connectivity index (χ2n) is 3.89. The van der Waals surface area contributed by atoms with E-state index in [0.29, 0.717) is 11.5 Å². The third-order valence-corrected chi connectivity index (χ3v) is 2.54. The first kappa shape index (κ1) is 10.5. The minimum atomic E-state index is -0.208. The average molecular weight is 242 g/mol. The van der Waals surface area contributed by atoms with Gasteiger partial charge in [-0.3, -0.25) is 9.48 Å². The predicted octanol–water partition coefficient (Wildman–Crippen LogP) is 1.43. The highest BCUT2D eigenvalue weighted by Gasteiger charge is 2.08. The van der Waals surface area contributed by atoms with Crippen LogP contribution >= 0.6 is 0 Å². The third kappa shape index (κ3) is 1.84. The Bertz CT molecular complexity index is 725. The maximum absolute atomic E-state index is 11.6. The molecule has 0 aliphatic rings. The number of nitrogens with zero attached hydrogens (tertiary/aromatic N) is 3. The average Bonchev–Trinajstić information content (AvgIpc) is 2.98. The maximum Gasteiger partial charge on any atom is 0.251 e. The highest BCUT2D eigenvalue weighted by atomic mass is 16.3. The normalized spacial score (nSPS) is 10.7. The lowest BCUT2D eigenvalue weighted by Crippen LogP contribution is -2.08. The Morgan fingerprint density at radius 3 is 2.94 bits per heavy atom. The second kappa shape index (κ2) is 3.99. The van der Waals surface area contributed by atoms with Gasteiger partial charge in [0, 0.05) is 24.9 Å². The molecule has 0 bridgehead atoms. The van der Waals surface area contributed by atoms with Gasteiger partial charge >= 0.3 is 0 Å². The number of aromatic nitrogens is 4. The van der Waals surface area contributed by atoms with E-state index in [2.05, 4.69) is 15.1 Å². The number of H-pyrrole nitrogens is 1. The zero-order valence-corrected chi connectivity index (χ0v) is 9.62. The molecule has 3 aromatic heterocycles. The summed E-state index contributed by atoms with van der Waals surface area (Å²) in [6, 6.07) is 3.19. The van der Waals surface area contributed by atoms with Crippen LogP contribution < -0.4 is 5.56 Å². The largest absolute Gasteiger partial charge is 0.472 e. The smallest absolute Gasteiger partial charge is 0.251 e. The van der Waals surface area contributed by atoms with Crippen molar-refractivity contribution >= 4 is 0 Å². The van der Waals surface area contributed by atoms with E-state index in [1.54, 1.807) is 23.1 Å². The van der Waals surface area contributed by atoms with Gasteiger partial charge in [0.25, 0.3) is 5.56 Å². The molecule has 0 saturated heterocycles. The standard InChI is InChI=1S/C12H10N4O2/c1-16-6-9(5-13-16)10-4-11(17)15-12(14-10)8-2-3-18-7-8/h2-7H,1H3,(H,14,15,17). The van der Waals surface area contributed by atoms with Gasteiger partial charge in [0.05, 0.1) is 23.7 Å². The van der Waals surface area contributed by atoms with Gasteiger partial charge in [-0.25, -0.2) is 4.98 Å². The lowest BCUT2D eigenvalue weighted by atomic mass is 10.2. The SMILES string of the molecule is Cn1cc(-c2cc(=O)[nH]c(-c3ccoc3)n2)cn1. The van der Waals surface area contributed by atoms with Crippen LogP contribution in [0, 0.1) is 0 Å². The van der Waals surface area contributed by atoms with E-state index in [-0.39, 0.29) is 5.56 Å². The van der Waals surface area contributed by atoms with Crippen molar-refractivity contribution in [1.82, 2.24) is 19.7 Å². The zero-order valence-electron chi connectivity index (χ0n) is 9.62. The molecule has 3 aromatic rings. The van der Waals surface area contributed by atoms with Crippen molar-refractivity contribution in [2.75, 3.05) is 0 Å². The molecule has 0 aliphatic heterocycles. The second-order valence-corrected chi connectivity index (χ2v) is 3.89. The van der Waals surface area contributed by atoms with Crippen LogP contribution in [0.15, 0.2) is 46.3 Å². The van der Waals surface area contributed by atoms with E-state index in [9.17, 15) is 4.79 Å². The van der Waals surface area contributed by atoms with Gasteiger partial charge in [0.2, 0.25) is 0 Å². The summed E-state index contributed by atoms with van der Waals surface area (Å²) < 4.78 is 6.64. The van der Waals surface area contributed by atoms with E-state index in [1.165, 1.54) is 18.6 Å². The van der Waals surface area contributed by atoms with Crippen molar-refractivity contribution in [2.45, 2.75) is 0 Å². The summed E-state index contributed by atoms with van der Waals surface area (Å²) in [5, 5.41) is 4.06. The molecule has 0 aromatic carbocycles. The summed E-state index contributed by atoms with van der Waals surface area (Å²) in [6.07, 6.45) is 6.54. The Morgan fingerprint density at radius 1 is 1.39 bits per heavy atom. The Kier molecular flexibility index (Phi) is 2.33. The Morgan fingerprint density at radius 2 is 2.28 bits per heavy atom. The molecule has 0 radical (unpaired) electrons. The summed E-state index contributed by atoms with van der Waals surface area (Å²) in [5.41, 5.74) is 1.91. The molecule has 6 heteroatoms. The molecule has 0 spiro atoms. The van der Waals surface area contributed by atoms with Crippen molar-refractivity contribution in [1.29, 1.82) is 0 Å². The lowest BCUT2D eigenvalue weighted by Gasteiger charge is -2.00. The molecule has 90 valence electrons. The van der Waals surface area contributed by atoms with Gasteiger partial charge in [-0.1, -0.05) is 0 Å². The fourth-order valence-corrected chi connectivity index (χ4v) is 1.69. The van der Waals surface area contributed by atoms with Crippen LogP contribution in [-0.2, 0) is 7.05 Å². The Balaban J connectivity index is 2.15. The van der Waals surface area contributed by atoms with Crippen molar-refractivity contribution in [3.63, 3.8) is 0 Å². The van der Waals surface area contributed by atoms with Gasteiger partial charge in [-0.2, -0.15) is 5.10 Å². The van der Waals surface area contributed by atoms with E-state index < -0.39 is 0 Å². The molecular weight excluding hydrogens is 232 g/mol. The molecule has 0 atom stereocenters. The molecule has 0 unspecified atom stereocenters. The van der Waals surface area contributed by atoms with Crippen LogP contribution in [-0.4, -0.2) is 19.7 Å². The number of aromatic amines is 1. The fourth-order valence-electron chi connectivity index (χ4n) is 1.69. The Hall–Kier alpha value is -2.63. The van der Waals surface area contributed by atoms with Crippen molar-refractivity contribution < 1.29 is 4.42 Å². The minimum absolute atomic E-state index is 0.208. The topological polar surface area (TPSA) is 76.7 Å². The molecule has 18 heavy (non-hydrogen) atoms. The van der Waals surface area contributed by atoms with Gasteiger partial charge in [0.15, 0.2) is 0 Å².